The lowest BCUT2D eigenvalue weighted by molar-refractivity contribution is 0.123. The maximum atomic E-state index is 11.0. The predicted octanol–water partition coefficient (Wildman–Crippen LogP) is 4.96. The van der Waals surface area contributed by atoms with Crippen LogP contribution in [0.4, 0.5) is 4.79 Å². The van der Waals surface area contributed by atoms with E-state index in [0.717, 1.165) is 47.9 Å². The monoisotopic (exact) mass is 450 g/mol. The molecule has 1 amide bonds. The number of amides is 1. The van der Waals surface area contributed by atoms with Crippen molar-refractivity contribution in [2.75, 3.05) is 27.2 Å². The molecule has 0 bridgehead atoms. The van der Waals surface area contributed by atoms with Crippen molar-refractivity contribution < 1.29 is 19.2 Å². The van der Waals surface area contributed by atoms with Crippen molar-refractivity contribution in [1.82, 2.24) is 15.4 Å². The molecule has 1 fully saturated rings. The van der Waals surface area contributed by atoms with Gasteiger partial charge in [-0.2, -0.15) is 5.26 Å². The first-order valence-electron chi connectivity index (χ1n) is 11.1. The molecular formula is C25H30N4O4. The average molecular weight is 451 g/mol. The van der Waals surface area contributed by atoms with Gasteiger partial charge >= 0.3 is 6.09 Å². The van der Waals surface area contributed by atoms with Crippen LogP contribution in [0, 0.1) is 24.2 Å². The molecule has 1 aromatic heterocycles. The Labute approximate surface area is 193 Å². The minimum absolute atomic E-state index is 0.507. The molecule has 0 atom stereocenters. The molecule has 0 spiro atoms. The van der Waals surface area contributed by atoms with Crippen molar-refractivity contribution >= 4 is 17.1 Å². The molecule has 174 valence electrons. The topological polar surface area (TPSA) is 112 Å². The lowest BCUT2D eigenvalue weighted by Crippen LogP contribution is -2.37. The van der Waals surface area contributed by atoms with Crippen molar-refractivity contribution in [3.8, 4) is 17.6 Å². The molecule has 4 rings (SSSR count). The second-order valence-corrected chi connectivity index (χ2v) is 8.18. The summed E-state index contributed by atoms with van der Waals surface area (Å²) in [7, 11) is 3.75. The lowest BCUT2D eigenvalue weighted by Gasteiger charge is -2.29. The summed E-state index contributed by atoms with van der Waals surface area (Å²) in [5.41, 5.74) is 3.11. The van der Waals surface area contributed by atoms with Crippen LogP contribution in [0.3, 0.4) is 0 Å². The molecule has 0 radical (unpaired) electrons. The standard InChI is InChI=1S/C23H23N3O4.C2H7N/c1-15-21(29-18-5-2-17(14-24)3-6-18)9-7-19-20(25-30-22(15)19)8-4-16-10-12-26(13-11-16)23(27)28;1-3-2/h2-3,5-7,9,16H,4,8,10-13H2,1H3,(H,27,28);3H,1-2H3. The van der Waals surface area contributed by atoms with Gasteiger partial charge in [0.25, 0.3) is 0 Å². The molecule has 0 unspecified atom stereocenters. The van der Waals surface area contributed by atoms with Crippen LogP contribution in [0.5, 0.6) is 11.5 Å². The number of aromatic nitrogens is 1. The van der Waals surface area contributed by atoms with E-state index in [1.165, 1.54) is 4.90 Å². The fourth-order valence-corrected chi connectivity index (χ4v) is 3.94. The summed E-state index contributed by atoms with van der Waals surface area (Å²) in [6.45, 7) is 3.15. The fraction of sp³-hybridized carbons (Fsp3) is 0.400. The van der Waals surface area contributed by atoms with Gasteiger partial charge in [-0.25, -0.2) is 4.79 Å². The minimum Gasteiger partial charge on any atom is -0.465 e. The SMILES string of the molecule is CNC.Cc1c(Oc2ccc(C#N)cc2)ccc2c(CCC3CCN(C(=O)O)CC3)noc12. The molecule has 0 saturated carbocycles. The second kappa shape index (κ2) is 11.3. The quantitative estimate of drug-likeness (QED) is 0.565. The first-order valence-corrected chi connectivity index (χ1v) is 11.1. The Morgan fingerprint density at radius 2 is 1.91 bits per heavy atom. The number of ether oxygens (including phenoxy) is 1. The highest BCUT2D eigenvalue weighted by atomic mass is 16.5. The lowest BCUT2D eigenvalue weighted by atomic mass is 9.91. The Kier molecular flexibility index (Phi) is 8.28. The number of nitriles is 1. The van der Waals surface area contributed by atoms with Crippen molar-refractivity contribution in [3.05, 3.63) is 53.2 Å². The van der Waals surface area contributed by atoms with Crippen LogP contribution in [0.1, 0.15) is 36.1 Å². The molecule has 1 aliphatic heterocycles. The molecule has 1 aliphatic rings. The van der Waals surface area contributed by atoms with E-state index in [4.69, 9.17) is 19.6 Å². The number of rotatable bonds is 5. The van der Waals surface area contributed by atoms with Crippen molar-refractivity contribution in [2.24, 2.45) is 5.92 Å². The summed E-state index contributed by atoms with van der Waals surface area (Å²) in [5.74, 6) is 1.85. The van der Waals surface area contributed by atoms with E-state index in [1.54, 1.807) is 24.3 Å². The Morgan fingerprint density at radius 1 is 1.24 bits per heavy atom. The smallest absolute Gasteiger partial charge is 0.407 e. The number of likely N-dealkylation sites (tertiary alicyclic amines) is 1. The third-order valence-electron chi connectivity index (χ3n) is 5.80. The summed E-state index contributed by atoms with van der Waals surface area (Å²) in [6.07, 6.45) is 2.73. The first-order chi connectivity index (χ1) is 16.0. The number of benzene rings is 2. The zero-order chi connectivity index (χ0) is 23.8. The molecule has 0 aliphatic carbocycles. The van der Waals surface area contributed by atoms with Gasteiger partial charge in [0.15, 0.2) is 5.58 Å². The van der Waals surface area contributed by atoms with Crippen LogP contribution in [0.25, 0.3) is 11.0 Å². The zero-order valence-electron chi connectivity index (χ0n) is 19.3. The van der Waals surface area contributed by atoms with Crippen LogP contribution in [-0.2, 0) is 6.42 Å². The predicted molar refractivity (Wildman–Crippen MR) is 126 cm³/mol. The normalized spacial score (nSPS) is 13.8. The number of carbonyl (C=O) groups is 1. The van der Waals surface area contributed by atoms with Crippen LogP contribution in [0.15, 0.2) is 40.9 Å². The van der Waals surface area contributed by atoms with Crippen molar-refractivity contribution in [1.29, 1.82) is 5.26 Å². The number of fused-ring (bicyclic) bond motifs is 1. The molecule has 2 aromatic carbocycles. The van der Waals surface area contributed by atoms with Crippen molar-refractivity contribution in [2.45, 2.75) is 32.6 Å². The summed E-state index contributed by atoms with van der Waals surface area (Å²) < 4.78 is 11.6. The van der Waals surface area contributed by atoms with Crippen molar-refractivity contribution in [3.63, 3.8) is 0 Å². The maximum absolute atomic E-state index is 11.0. The Hall–Kier alpha value is -3.57. The first kappa shape index (κ1) is 24.1. The number of carboxylic acid groups (broad SMARTS) is 1. The highest BCUT2D eigenvalue weighted by Gasteiger charge is 2.23. The van der Waals surface area contributed by atoms with Gasteiger partial charge in [-0.15, -0.1) is 0 Å². The fourth-order valence-electron chi connectivity index (χ4n) is 3.94. The molecule has 33 heavy (non-hydrogen) atoms. The van der Waals surface area contributed by atoms with Gasteiger partial charge in [-0.05, 0) is 89.0 Å². The third kappa shape index (κ3) is 6.02. The molecule has 8 heteroatoms. The van der Waals surface area contributed by atoms with Gasteiger partial charge in [0.2, 0.25) is 0 Å². The number of hydrogen-bond donors (Lipinski definition) is 2. The second-order valence-electron chi connectivity index (χ2n) is 8.18. The van der Waals surface area contributed by atoms with E-state index in [-0.39, 0.29) is 0 Å². The van der Waals surface area contributed by atoms with E-state index in [9.17, 15) is 4.79 Å². The molecule has 3 aromatic rings. The third-order valence-corrected chi connectivity index (χ3v) is 5.80. The van der Waals surface area contributed by atoms with Gasteiger partial charge in [-0.1, -0.05) is 5.16 Å². The van der Waals surface area contributed by atoms with E-state index >= 15 is 0 Å². The van der Waals surface area contributed by atoms with Crippen LogP contribution in [0.2, 0.25) is 0 Å². The van der Waals surface area contributed by atoms with Gasteiger partial charge in [0, 0.05) is 24.0 Å². The number of hydrogen-bond acceptors (Lipinski definition) is 6. The largest absolute Gasteiger partial charge is 0.465 e. The Balaban J connectivity index is 0.000000968. The van der Waals surface area contributed by atoms with Gasteiger partial charge in [0.1, 0.15) is 11.5 Å². The average Bonchev–Trinajstić information content (AvgIpc) is 3.24. The summed E-state index contributed by atoms with van der Waals surface area (Å²) in [4.78, 5) is 12.5. The van der Waals surface area contributed by atoms with Crippen LogP contribution >= 0.6 is 0 Å². The Bertz CT molecular complexity index is 1110. The number of nitrogens with one attached hydrogen (secondary N) is 1. The summed E-state index contributed by atoms with van der Waals surface area (Å²) in [5, 5.41) is 26.0. The molecule has 2 N–H and O–H groups in total. The summed E-state index contributed by atoms with van der Waals surface area (Å²) >= 11 is 0. The van der Waals surface area contributed by atoms with E-state index in [0.29, 0.717) is 36.1 Å². The maximum Gasteiger partial charge on any atom is 0.407 e. The number of aryl methyl sites for hydroxylation is 2. The zero-order valence-corrected chi connectivity index (χ0v) is 19.3. The molecule has 8 nitrogen and oxygen atoms in total. The number of piperidine rings is 1. The molecule has 2 heterocycles. The van der Waals surface area contributed by atoms with Crippen LogP contribution in [-0.4, -0.2) is 48.4 Å². The van der Waals surface area contributed by atoms with E-state index < -0.39 is 6.09 Å². The Morgan fingerprint density at radius 3 is 2.52 bits per heavy atom. The van der Waals surface area contributed by atoms with E-state index in [2.05, 4.69) is 16.5 Å². The van der Waals surface area contributed by atoms with Crippen LogP contribution < -0.4 is 10.1 Å². The minimum atomic E-state index is -0.828. The van der Waals surface area contributed by atoms with Gasteiger partial charge < -0.3 is 24.6 Å². The highest BCUT2D eigenvalue weighted by molar-refractivity contribution is 5.84. The van der Waals surface area contributed by atoms with E-state index in [1.807, 2.05) is 33.2 Å². The highest BCUT2D eigenvalue weighted by Crippen LogP contribution is 2.33. The molecule has 1 saturated heterocycles. The number of nitrogens with zero attached hydrogens (tertiary/aromatic N) is 3. The van der Waals surface area contributed by atoms with Gasteiger partial charge in [0.05, 0.1) is 17.3 Å². The summed E-state index contributed by atoms with van der Waals surface area (Å²) in [6, 6.07) is 13.0. The molecular weight excluding hydrogens is 420 g/mol. The van der Waals surface area contributed by atoms with Gasteiger partial charge in [-0.3, -0.25) is 0 Å².